The molecule has 0 saturated heterocycles. The summed E-state index contributed by atoms with van der Waals surface area (Å²) in [6.45, 7) is 0. The van der Waals surface area contributed by atoms with Crippen molar-refractivity contribution in [2.24, 2.45) is 0 Å². The minimum atomic E-state index is -3.70. The van der Waals surface area contributed by atoms with Crippen molar-refractivity contribution in [2.75, 3.05) is 23.7 Å². The van der Waals surface area contributed by atoms with E-state index in [1.54, 1.807) is 6.07 Å². The molecule has 0 aliphatic rings. The average Bonchev–Trinajstić information content (AvgIpc) is 2.38. The quantitative estimate of drug-likeness (QED) is 0.800. The summed E-state index contributed by atoms with van der Waals surface area (Å²) in [5.41, 5.74) is 1.26. The van der Waals surface area contributed by atoms with Crippen molar-refractivity contribution in [2.45, 2.75) is 4.90 Å². The van der Waals surface area contributed by atoms with Gasteiger partial charge < -0.3 is 4.90 Å². The first-order valence-corrected chi connectivity index (χ1v) is 8.97. The van der Waals surface area contributed by atoms with Crippen molar-refractivity contribution in [1.82, 2.24) is 4.98 Å². The van der Waals surface area contributed by atoms with Crippen molar-refractivity contribution >= 4 is 53.3 Å². The Balaban J connectivity index is 2.44. The van der Waals surface area contributed by atoms with Crippen LogP contribution >= 0.6 is 31.9 Å². The number of hydrogen-bond donors (Lipinski definition) is 1. The van der Waals surface area contributed by atoms with Gasteiger partial charge in [0.25, 0.3) is 10.0 Å². The van der Waals surface area contributed by atoms with Crippen LogP contribution in [0.15, 0.2) is 50.5 Å². The second-order valence-corrected chi connectivity index (χ2v) is 8.01. The molecule has 1 N–H and O–H groups in total. The Kier molecular flexibility index (Phi) is 4.90. The standard InChI is InChI=1S/C13H13Br2N3O2S/c1-18(2)13-4-3-9(14)6-12(13)17-21(19,20)11-5-10(15)7-16-8-11/h3-8,17H,1-2H3. The molecule has 1 aromatic carbocycles. The first-order valence-electron chi connectivity index (χ1n) is 5.90. The molecule has 112 valence electrons. The number of rotatable bonds is 4. The predicted molar refractivity (Wildman–Crippen MR) is 91.2 cm³/mol. The molecule has 0 unspecified atom stereocenters. The van der Waals surface area contributed by atoms with E-state index in [1.807, 2.05) is 31.1 Å². The summed E-state index contributed by atoms with van der Waals surface area (Å²) >= 11 is 6.57. The molecule has 0 aliphatic carbocycles. The third-order valence-corrected chi connectivity index (χ3v) is 4.93. The van der Waals surface area contributed by atoms with Crippen molar-refractivity contribution in [3.05, 3.63) is 45.6 Å². The van der Waals surface area contributed by atoms with E-state index in [0.717, 1.165) is 10.2 Å². The van der Waals surface area contributed by atoms with E-state index >= 15 is 0 Å². The molecular formula is C13H13Br2N3O2S. The highest BCUT2D eigenvalue weighted by Gasteiger charge is 2.17. The highest BCUT2D eigenvalue weighted by molar-refractivity contribution is 9.10. The van der Waals surface area contributed by atoms with Gasteiger partial charge >= 0.3 is 0 Å². The third kappa shape index (κ3) is 3.96. The lowest BCUT2D eigenvalue weighted by Gasteiger charge is -2.19. The molecule has 0 atom stereocenters. The first kappa shape index (κ1) is 16.3. The fourth-order valence-corrected chi connectivity index (χ4v) is 3.65. The molecule has 0 aliphatic heterocycles. The van der Waals surface area contributed by atoms with Gasteiger partial charge in [0.15, 0.2) is 0 Å². The smallest absolute Gasteiger partial charge is 0.263 e. The van der Waals surface area contributed by atoms with Crippen LogP contribution in [0.2, 0.25) is 0 Å². The summed E-state index contributed by atoms with van der Waals surface area (Å²) < 4.78 is 28.9. The molecule has 0 fully saturated rings. The van der Waals surface area contributed by atoms with Crippen LogP contribution in [0.25, 0.3) is 0 Å². The van der Waals surface area contributed by atoms with Crippen molar-refractivity contribution < 1.29 is 8.42 Å². The lowest BCUT2D eigenvalue weighted by molar-refractivity contribution is 0.600. The molecule has 0 spiro atoms. The number of halogens is 2. The lowest BCUT2D eigenvalue weighted by atomic mass is 10.2. The molecule has 0 saturated carbocycles. The summed E-state index contributed by atoms with van der Waals surface area (Å²) in [5.74, 6) is 0. The van der Waals surface area contributed by atoms with Gasteiger partial charge in [0.1, 0.15) is 4.90 Å². The van der Waals surface area contributed by atoms with E-state index in [4.69, 9.17) is 0 Å². The summed E-state index contributed by atoms with van der Waals surface area (Å²) in [7, 11) is -0.000798. The largest absolute Gasteiger partial charge is 0.376 e. The maximum Gasteiger partial charge on any atom is 0.263 e. The molecule has 5 nitrogen and oxygen atoms in total. The van der Waals surface area contributed by atoms with E-state index in [9.17, 15) is 8.42 Å². The molecule has 0 bridgehead atoms. The van der Waals surface area contributed by atoms with E-state index in [1.165, 1.54) is 18.5 Å². The first-order chi connectivity index (χ1) is 9.79. The number of nitrogens with zero attached hydrogens (tertiary/aromatic N) is 2. The molecule has 8 heteroatoms. The summed E-state index contributed by atoms with van der Waals surface area (Å²) in [6, 6.07) is 6.91. The highest BCUT2D eigenvalue weighted by Crippen LogP contribution is 2.30. The van der Waals surface area contributed by atoms with Crippen LogP contribution < -0.4 is 9.62 Å². The summed E-state index contributed by atoms with van der Waals surface area (Å²) in [4.78, 5) is 5.82. The van der Waals surface area contributed by atoms with Gasteiger partial charge in [-0.15, -0.1) is 0 Å². The zero-order valence-electron chi connectivity index (χ0n) is 11.3. The maximum absolute atomic E-state index is 12.4. The van der Waals surface area contributed by atoms with Gasteiger partial charge in [0.2, 0.25) is 0 Å². The van der Waals surface area contributed by atoms with Gasteiger partial charge in [-0.05, 0) is 40.2 Å². The van der Waals surface area contributed by atoms with E-state index in [-0.39, 0.29) is 4.90 Å². The third-order valence-electron chi connectivity index (χ3n) is 2.67. The zero-order chi connectivity index (χ0) is 15.6. The monoisotopic (exact) mass is 433 g/mol. The van der Waals surface area contributed by atoms with Crippen molar-refractivity contribution in [3.63, 3.8) is 0 Å². The summed E-state index contributed by atoms with van der Waals surface area (Å²) in [5, 5.41) is 0. The van der Waals surface area contributed by atoms with Gasteiger partial charge in [-0.2, -0.15) is 0 Å². The van der Waals surface area contributed by atoms with Gasteiger partial charge in [-0.1, -0.05) is 15.9 Å². The van der Waals surface area contributed by atoms with Gasteiger partial charge in [0, 0.05) is 35.4 Å². The van der Waals surface area contributed by atoms with E-state index < -0.39 is 10.0 Å². The van der Waals surface area contributed by atoms with Crippen LogP contribution in [0, 0.1) is 0 Å². The highest BCUT2D eigenvalue weighted by atomic mass is 79.9. The van der Waals surface area contributed by atoms with Crippen LogP contribution in [0.1, 0.15) is 0 Å². The number of pyridine rings is 1. The van der Waals surface area contributed by atoms with Gasteiger partial charge in [0.05, 0.1) is 11.4 Å². The van der Waals surface area contributed by atoms with Gasteiger partial charge in [-0.25, -0.2) is 8.42 Å². The molecule has 2 rings (SSSR count). The normalized spacial score (nSPS) is 11.2. The molecule has 1 aromatic heterocycles. The van der Waals surface area contributed by atoms with Crippen molar-refractivity contribution in [3.8, 4) is 0 Å². The fourth-order valence-electron chi connectivity index (χ4n) is 1.72. The van der Waals surface area contributed by atoms with Crippen molar-refractivity contribution in [1.29, 1.82) is 0 Å². The molecule has 0 amide bonds. The average molecular weight is 435 g/mol. The Hall–Kier alpha value is -1.12. The second kappa shape index (κ2) is 6.33. The van der Waals surface area contributed by atoms with Crippen LogP contribution in [0.5, 0.6) is 0 Å². The second-order valence-electron chi connectivity index (χ2n) is 4.50. The Morgan fingerprint density at radius 1 is 1.10 bits per heavy atom. The van der Waals surface area contributed by atoms with Crippen LogP contribution in [-0.2, 0) is 10.0 Å². The molecule has 1 heterocycles. The number of anilines is 2. The summed E-state index contributed by atoms with van der Waals surface area (Å²) in [6.07, 6.45) is 2.84. The van der Waals surface area contributed by atoms with Gasteiger partial charge in [-0.3, -0.25) is 9.71 Å². The Morgan fingerprint density at radius 3 is 2.43 bits per heavy atom. The number of benzene rings is 1. The van der Waals surface area contributed by atoms with Crippen LogP contribution in [-0.4, -0.2) is 27.5 Å². The zero-order valence-corrected chi connectivity index (χ0v) is 15.3. The van der Waals surface area contributed by atoms with Crippen LogP contribution in [0.3, 0.4) is 0 Å². The van der Waals surface area contributed by atoms with E-state index in [2.05, 4.69) is 41.6 Å². The topological polar surface area (TPSA) is 62.3 Å². The maximum atomic E-state index is 12.4. The molecule has 21 heavy (non-hydrogen) atoms. The van der Waals surface area contributed by atoms with E-state index in [0.29, 0.717) is 10.2 Å². The van der Waals surface area contributed by atoms with Crippen LogP contribution in [0.4, 0.5) is 11.4 Å². The minimum Gasteiger partial charge on any atom is -0.376 e. The molecule has 0 radical (unpaired) electrons. The molecule has 2 aromatic rings. The number of aromatic nitrogens is 1. The number of sulfonamides is 1. The SMILES string of the molecule is CN(C)c1ccc(Br)cc1NS(=O)(=O)c1cncc(Br)c1. The number of nitrogens with one attached hydrogen (secondary N) is 1. The Morgan fingerprint density at radius 2 is 1.81 bits per heavy atom. The Bertz CT molecular complexity index is 764. The predicted octanol–water partition coefficient (Wildman–Crippen LogP) is 3.47. The lowest BCUT2D eigenvalue weighted by Crippen LogP contribution is -2.17. The Labute approximate surface area is 140 Å². The molecular weight excluding hydrogens is 422 g/mol. The number of hydrogen-bond acceptors (Lipinski definition) is 4. The fraction of sp³-hybridized carbons (Fsp3) is 0.154. The minimum absolute atomic E-state index is 0.0987.